The number of carbonyl (C=O) groups is 1. The van der Waals surface area contributed by atoms with E-state index in [2.05, 4.69) is 21.2 Å². The maximum atomic E-state index is 11.7. The number of hydrogen-bond donors (Lipinski definition) is 1. The van der Waals surface area contributed by atoms with Crippen LogP contribution in [0.3, 0.4) is 0 Å². The summed E-state index contributed by atoms with van der Waals surface area (Å²) in [5.41, 5.74) is 0.929. The molecule has 5 heteroatoms. The average Bonchev–Trinajstić information content (AvgIpc) is 2.89. The number of hydrogen-bond acceptors (Lipinski definition) is 3. The lowest BCUT2D eigenvalue weighted by Gasteiger charge is -2.01. The number of nitrogens with one attached hydrogen (secondary N) is 1. The molecule has 1 N–H and O–H groups in total. The van der Waals surface area contributed by atoms with Gasteiger partial charge in [0.25, 0.3) is 0 Å². The Morgan fingerprint density at radius 1 is 1.40 bits per heavy atom. The number of benzene rings is 1. The molecular weight excluding hydrogens is 338 g/mol. The number of amides is 1. The molecule has 0 saturated heterocycles. The van der Waals surface area contributed by atoms with Crippen molar-refractivity contribution in [3.8, 4) is 5.75 Å². The van der Waals surface area contributed by atoms with Gasteiger partial charge < -0.3 is 10.1 Å². The van der Waals surface area contributed by atoms with Gasteiger partial charge in [-0.3, -0.25) is 4.79 Å². The number of halogens is 1. The van der Waals surface area contributed by atoms with E-state index < -0.39 is 0 Å². The fourth-order valence-corrected chi connectivity index (χ4v) is 3.02. The summed E-state index contributed by atoms with van der Waals surface area (Å²) in [7, 11) is 1.62. The third kappa shape index (κ3) is 4.51. The van der Waals surface area contributed by atoms with Crippen molar-refractivity contribution in [2.75, 3.05) is 7.11 Å². The van der Waals surface area contributed by atoms with Crippen molar-refractivity contribution >= 4 is 39.2 Å². The summed E-state index contributed by atoms with van der Waals surface area (Å²) in [5.74, 6) is 0.660. The standard InChI is InChI=1S/C15H14BrNO2S/c1-19-12-4-2-3-11(9-12)5-8-15(18)17-10-13-6-7-14(16)20-13/h2-9H,10H2,1H3,(H,17,18)/b8-5+. The van der Waals surface area contributed by atoms with Crippen LogP contribution in [0.2, 0.25) is 0 Å². The highest BCUT2D eigenvalue weighted by molar-refractivity contribution is 9.11. The minimum Gasteiger partial charge on any atom is -0.497 e. The fraction of sp³-hybridized carbons (Fsp3) is 0.133. The van der Waals surface area contributed by atoms with E-state index in [1.807, 2.05) is 36.4 Å². The molecule has 0 aliphatic carbocycles. The van der Waals surface area contributed by atoms with E-state index in [0.717, 1.165) is 20.0 Å². The first-order chi connectivity index (χ1) is 9.67. The molecule has 1 aromatic heterocycles. The number of ether oxygens (including phenoxy) is 1. The highest BCUT2D eigenvalue weighted by Crippen LogP contribution is 2.21. The lowest BCUT2D eigenvalue weighted by atomic mass is 10.2. The lowest BCUT2D eigenvalue weighted by molar-refractivity contribution is -0.116. The summed E-state index contributed by atoms with van der Waals surface area (Å²) in [6.45, 7) is 0.539. The van der Waals surface area contributed by atoms with Crippen molar-refractivity contribution in [2.24, 2.45) is 0 Å². The summed E-state index contributed by atoms with van der Waals surface area (Å²) in [6, 6.07) is 11.5. The van der Waals surface area contributed by atoms with Gasteiger partial charge in [-0.05, 0) is 51.8 Å². The van der Waals surface area contributed by atoms with E-state index in [4.69, 9.17) is 4.74 Å². The number of carbonyl (C=O) groups excluding carboxylic acids is 1. The van der Waals surface area contributed by atoms with Crippen LogP contribution < -0.4 is 10.1 Å². The average molecular weight is 352 g/mol. The summed E-state index contributed by atoms with van der Waals surface area (Å²) >= 11 is 5.00. The van der Waals surface area contributed by atoms with Crippen molar-refractivity contribution < 1.29 is 9.53 Å². The SMILES string of the molecule is COc1cccc(/C=C/C(=O)NCc2ccc(Br)s2)c1. The van der Waals surface area contributed by atoms with E-state index in [0.29, 0.717) is 6.54 Å². The molecule has 1 amide bonds. The molecule has 0 atom stereocenters. The molecule has 1 heterocycles. The molecule has 0 aliphatic heterocycles. The molecule has 20 heavy (non-hydrogen) atoms. The van der Waals surface area contributed by atoms with Gasteiger partial charge in [0, 0.05) is 11.0 Å². The van der Waals surface area contributed by atoms with Gasteiger partial charge in [0.2, 0.25) is 5.91 Å². The van der Waals surface area contributed by atoms with E-state index in [1.54, 1.807) is 24.5 Å². The molecule has 0 saturated carbocycles. The Morgan fingerprint density at radius 3 is 2.95 bits per heavy atom. The predicted octanol–water partition coefficient (Wildman–Crippen LogP) is 3.85. The Kier molecular flexibility index (Phi) is 5.38. The topological polar surface area (TPSA) is 38.3 Å². The third-order valence-corrected chi connectivity index (χ3v) is 4.21. The quantitative estimate of drug-likeness (QED) is 0.830. The minimum absolute atomic E-state index is 0.114. The molecule has 0 radical (unpaired) electrons. The molecule has 0 spiro atoms. The Hall–Kier alpha value is -1.59. The fourth-order valence-electron chi connectivity index (χ4n) is 1.60. The third-order valence-electron chi connectivity index (χ3n) is 2.59. The molecule has 0 aliphatic rings. The summed E-state index contributed by atoms with van der Waals surface area (Å²) in [4.78, 5) is 12.8. The predicted molar refractivity (Wildman–Crippen MR) is 85.9 cm³/mol. The Balaban J connectivity index is 1.88. The molecule has 2 rings (SSSR count). The molecule has 0 unspecified atom stereocenters. The van der Waals surface area contributed by atoms with Gasteiger partial charge in [0.05, 0.1) is 17.4 Å². The summed E-state index contributed by atoms with van der Waals surface area (Å²) in [6.07, 6.45) is 3.29. The van der Waals surface area contributed by atoms with Gasteiger partial charge >= 0.3 is 0 Å². The zero-order valence-corrected chi connectivity index (χ0v) is 13.3. The molecule has 0 fully saturated rings. The minimum atomic E-state index is -0.114. The van der Waals surface area contributed by atoms with E-state index >= 15 is 0 Å². The second kappa shape index (κ2) is 7.26. The first-order valence-electron chi connectivity index (χ1n) is 6.01. The lowest BCUT2D eigenvalue weighted by Crippen LogP contribution is -2.19. The maximum Gasteiger partial charge on any atom is 0.244 e. The van der Waals surface area contributed by atoms with Gasteiger partial charge in [-0.25, -0.2) is 0 Å². The van der Waals surface area contributed by atoms with E-state index in [-0.39, 0.29) is 5.91 Å². The van der Waals surface area contributed by atoms with Gasteiger partial charge in [-0.15, -0.1) is 11.3 Å². The van der Waals surface area contributed by atoms with Crippen molar-refractivity contribution in [1.29, 1.82) is 0 Å². The Morgan fingerprint density at radius 2 is 2.25 bits per heavy atom. The molecule has 104 valence electrons. The van der Waals surface area contributed by atoms with E-state index in [1.165, 1.54) is 6.08 Å². The maximum absolute atomic E-state index is 11.7. The number of rotatable bonds is 5. The van der Waals surface area contributed by atoms with Crippen molar-refractivity contribution in [3.05, 3.63) is 56.7 Å². The van der Waals surface area contributed by atoms with Crippen molar-refractivity contribution in [3.63, 3.8) is 0 Å². The molecule has 2 aromatic rings. The van der Waals surface area contributed by atoms with Gasteiger partial charge in [-0.1, -0.05) is 12.1 Å². The Labute approximate surface area is 130 Å². The highest BCUT2D eigenvalue weighted by atomic mass is 79.9. The van der Waals surface area contributed by atoms with Crippen LogP contribution in [-0.2, 0) is 11.3 Å². The normalized spacial score (nSPS) is 10.7. The number of methoxy groups -OCH3 is 1. The Bertz CT molecular complexity index is 622. The number of thiophene rings is 1. The van der Waals surface area contributed by atoms with Gasteiger partial charge in [0.1, 0.15) is 5.75 Å². The van der Waals surface area contributed by atoms with Crippen LogP contribution in [0, 0.1) is 0 Å². The zero-order valence-electron chi connectivity index (χ0n) is 10.9. The van der Waals surface area contributed by atoms with Crippen LogP contribution in [-0.4, -0.2) is 13.0 Å². The van der Waals surface area contributed by atoms with Crippen LogP contribution in [0.1, 0.15) is 10.4 Å². The van der Waals surface area contributed by atoms with Crippen molar-refractivity contribution in [1.82, 2.24) is 5.32 Å². The smallest absolute Gasteiger partial charge is 0.244 e. The van der Waals surface area contributed by atoms with Crippen molar-refractivity contribution in [2.45, 2.75) is 6.54 Å². The molecule has 0 bridgehead atoms. The highest BCUT2D eigenvalue weighted by Gasteiger charge is 2.00. The van der Waals surface area contributed by atoms with E-state index in [9.17, 15) is 4.79 Å². The monoisotopic (exact) mass is 351 g/mol. The van der Waals surface area contributed by atoms with Crippen LogP contribution in [0.15, 0.2) is 46.3 Å². The van der Waals surface area contributed by atoms with Gasteiger partial charge in [-0.2, -0.15) is 0 Å². The van der Waals surface area contributed by atoms with Crippen LogP contribution in [0.25, 0.3) is 6.08 Å². The zero-order chi connectivity index (χ0) is 14.4. The summed E-state index contributed by atoms with van der Waals surface area (Å²) < 4.78 is 6.20. The van der Waals surface area contributed by atoms with Crippen LogP contribution in [0.5, 0.6) is 5.75 Å². The second-order valence-electron chi connectivity index (χ2n) is 4.03. The first-order valence-corrected chi connectivity index (χ1v) is 7.62. The largest absolute Gasteiger partial charge is 0.497 e. The van der Waals surface area contributed by atoms with Crippen LogP contribution >= 0.6 is 27.3 Å². The van der Waals surface area contributed by atoms with Gasteiger partial charge in [0.15, 0.2) is 0 Å². The molecule has 1 aromatic carbocycles. The first kappa shape index (κ1) is 14.8. The molecular formula is C15H14BrNO2S. The second-order valence-corrected chi connectivity index (χ2v) is 6.58. The molecule has 3 nitrogen and oxygen atoms in total. The van der Waals surface area contributed by atoms with Crippen LogP contribution in [0.4, 0.5) is 0 Å². The summed E-state index contributed by atoms with van der Waals surface area (Å²) in [5, 5.41) is 2.84.